The second kappa shape index (κ2) is 9.12. The standard InChI is InChI=1S/C23H26F2N4O/c1-16-23(27-22-5-3-2-4-21(22)26-16)15-28-9-10-29(18(14-28)8-11-30)13-17-6-7-19(24)20(25)12-17/h2-7,12,18,30H,8-11,13-15H2,1H3/t18-/m1/s1. The minimum Gasteiger partial charge on any atom is -0.396 e. The largest absolute Gasteiger partial charge is 0.396 e. The summed E-state index contributed by atoms with van der Waals surface area (Å²) in [6, 6.07) is 12.0. The maximum absolute atomic E-state index is 13.6. The van der Waals surface area contributed by atoms with Gasteiger partial charge < -0.3 is 5.11 Å². The fourth-order valence-corrected chi connectivity index (χ4v) is 4.09. The van der Waals surface area contributed by atoms with E-state index in [0.717, 1.165) is 47.6 Å². The van der Waals surface area contributed by atoms with Gasteiger partial charge in [-0.05, 0) is 43.2 Å². The number of halogens is 2. The predicted octanol–water partition coefficient (Wildman–Crippen LogP) is 3.29. The highest BCUT2D eigenvalue weighted by Crippen LogP contribution is 2.20. The van der Waals surface area contributed by atoms with Crippen molar-refractivity contribution in [2.24, 2.45) is 0 Å². The van der Waals surface area contributed by atoms with Gasteiger partial charge in [0, 0.05) is 45.4 Å². The van der Waals surface area contributed by atoms with E-state index in [1.54, 1.807) is 6.07 Å². The van der Waals surface area contributed by atoms with Crippen LogP contribution in [0, 0.1) is 18.6 Å². The second-order valence-electron chi connectivity index (χ2n) is 7.86. The lowest BCUT2D eigenvalue weighted by molar-refractivity contribution is 0.0492. The first-order chi connectivity index (χ1) is 14.5. The van der Waals surface area contributed by atoms with Crippen molar-refractivity contribution in [3.63, 3.8) is 0 Å². The molecule has 0 amide bonds. The van der Waals surface area contributed by atoms with E-state index in [0.29, 0.717) is 19.5 Å². The molecule has 1 aliphatic rings. The Labute approximate surface area is 175 Å². The zero-order valence-electron chi connectivity index (χ0n) is 17.1. The van der Waals surface area contributed by atoms with E-state index >= 15 is 0 Å². The van der Waals surface area contributed by atoms with Crippen molar-refractivity contribution in [3.05, 3.63) is 71.1 Å². The number of benzene rings is 2. The van der Waals surface area contributed by atoms with Crippen LogP contribution in [0.4, 0.5) is 8.78 Å². The van der Waals surface area contributed by atoms with Crippen molar-refractivity contribution in [2.75, 3.05) is 26.2 Å². The third kappa shape index (κ3) is 4.64. The van der Waals surface area contributed by atoms with Crippen LogP contribution in [0.15, 0.2) is 42.5 Å². The maximum atomic E-state index is 13.6. The lowest BCUT2D eigenvalue weighted by Crippen LogP contribution is -2.52. The summed E-state index contributed by atoms with van der Waals surface area (Å²) in [5.74, 6) is -1.66. The van der Waals surface area contributed by atoms with Crippen LogP contribution < -0.4 is 0 Å². The molecule has 5 nitrogen and oxygen atoms in total. The molecule has 1 aromatic heterocycles. The molecule has 0 unspecified atom stereocenters. The average Bonchev–Trinajstić information content (AvgIpc) is 2.73. The molecule has 158 valence electrons. The number of hydrogen-bond acceptors (Lipinski definition) is 5. The van der Waals surface area contributed by atoms with E-state index in [-0.39, 0.29) is 12.6 Å². The smallest absolute Gasteiger partial charge is 0.159 e. The van der Waals surface area contributed by atoms with Crippen LogP contribution in [-0.4, -0.2) is 57.2 Å². The van der Waals surface area contributed by atoms with Crippen molar-refractivity contribution in [3.8, 4) is 0 Å². The number of aliphatic hydroxyl groups is 1. The average molecular weight is 412 g/mol. The Morgan fingerprint density at radius 2 is 1.77 bits per heavy atom. The van der Waals surface area contributed by atoms with Crippen LogP contribution in [0.25, 0.3) is 11.0 Å². The zero-order valence-corrected chi connectivity index (χ0v) is 17.1. The summed E-state index contributed by atoms with van der Waals surface area (Å²) in [7, 11) is 0. The number of hydrogen-bond donors (Lipinski definition) is 1. The van der Waals surface area contributed by atoms with Crippen molar-refractivity contribution < 1.29 is 13.9 Å². The SMILES string of the molecule is Cc1nc2ccccc2nc1CN1CCN(Cc2ccc(F)c(F)c2)[C@H](CCO)C1. The molecule has 0 spiro atoms. The van der Waals surface area contributed by atoms with Gasteiger partial charge in [0.25, 0.3) is 0 Å². The number of aryl methyl sites for hydroxylation is 1. The first-order valence-electron chi connectivity index (χ1n) is 10.3. The van der Waals surface area contributed by atoms with Gasteiger partial charge in [0.15, 0.2) is 11.6 Å². The monoisotopic (exact) mass is 412 g/mol. The summed E-state index contributed by atoms with van der Waals surface area (Å²) in [4.78, 5) is 14.0. The first kappa shape index (κ1) is 20.8. The maximum Gasteiger partial charge on any atom is 0.159 e. The molecule has 2 heterocycles. The van der Waals surface area contributed by atoms with Gasteiger partial charge >= 0.3 is 0 Å². The Balaban J connectivity index is 1.46. The highest BCUT2D eigenvalue weighted by atomic mass is 19.2. The van der Waals surface area contributed by atoms with Crippen molar-refractivity contribution in [1.82, 2.24) is 19.8 Å². The van der Waals surface area contributed by atoms with Gasteiger partial charge in [0.05, 0.1) is 22.4 Å². The van der Waals surface area contributed by atoms with Gasteiger partial charge in [0.2, 0.25) is 0 Å². The normalized spacial score (nSPS) is 18.2. The van der Waals surface area contributed by atoms with E-state index in [2.05, 4.69) is 14.8 Å². The lowest BCUT2D eigenvalue weighted by atomic mass is 10.1. The predicted molar refractivity (Wildman–Crippen MR) is 112 cm³/mol. The number of para-hydroxylation sites is 2. The van der Waals surface area contributed by atoms with Crippen LogP contribution in [0.1, 0.15) is 23.4 Å². The van der Waals surface area contributed by atoms with E-state index < -0.39 is 11.6 Å². The topological polar surface area (TPSA) is 52.5 Å². The van der Waals surface area contributed by atoms with Crippen LogP contribution in [0.2, 0.25) is 0 Å². The fraction of sp³-hybridized carbons (Fsp3) is 0.391. The van der Waals surface area contributed by atoms with E-state index in [1.165, 1.54) is 12.1 Å². The quantitative estimate of drug-likeness (QED) is 0.673. The van der Waals surface area contributed by atoms with E-state index in [9.17, 15) is 13.9 Å². The molecule has 30 heavy (non-hydrogen) atoms. The first-order valence-corrected chi connectivity index (χ1v) is 10.3. The fourth-order valence-electron chi connectivity index (χ4n) is 4.09. The Kier molecular flexibility index (Phi) is 6.32. The third-order valence-electron chi connectivity index (χ3n) is 5.74. The summed E-state index contributed by atoms with van der Waals surface area (Å²) in [6.45, 7) is 5.69. The number of nitrogens with zero attached hydrogens (tertiary/aromatic N) is 4. The summed E-state index contributed by atoms with van der Waals surface area (Å²) in [5, 5.41) is 9.54. The Hall–Kier alpha value is -2.48. The number of piperazine rings is 1. The number of aromatic nitrogens is 2. The van der Waals surface area contributed by atoms with E-state index in [1.807, 2.05) is 31.2 Å². The van der Waals surface area contributed by atoms with Crippen LogP contribution in [0.3, 0.4) is 0 Å². The Morgan fingerprint density at radius 3 is 2.50 bits per heavy atom. The molecular weight excluding hydrogens is 386 g/mol. The third-order valence-corrected chi connectivity index (χ3v) is 5.74. The van der Waals surface area contributed by atoms with Crippen LogP contribution in [0.5, 0.6) is 0 Å². The van der Waals surface area contributed by atoms with Gasteiger partial charge in [-0.2, -0.15) is 0 Å². The van der Waals surface area contributed by atoms with E-state index in [4.69, 9.17) is 4.98 Å². The Morgan fingerprint density at radius 1 is 1.00 bits per heavy atom. The van der Waals surface area contributed by atoms with Gasteiger partial charge in [0.1, 0.15) is 0 Å². The lowest BCUT2D eigenvalue weighted by Gasteiger charge is -2.41. The molecule has 4 rings (SSSR count). The molecule has 2 aromatic carbocycles. The Bertz CT molecular complexity index is 1030. The second-order valence-corrected chi connectivity index (χ2v) is 7.86. The molecule has 1 N–H and O–H groups in total. The summed E-state index contributed by atoms with van der Waals surface area (Å²) in [5.41, 5.74) is 4.42. The molecule has 0 bridgehead atoms. The molecule has 0 radical (unpaired) electrons. The molecule has 1 saturated heterocycles. The molecule has 0 saturated carbocycles. The van der Waals surface area contributed by atoms with Crippen LogP contribution in [-0.2, 0) is 13.1 Å². The summed E-state index contributed by atoms with van der Waals surface area (Å²) in [6.07, 6.45) is 0.628. The summed E-state index contributed by atoms with van der Waals surface area (Å²) >= 11 is 0. The van der Waals surface area contributed by atoms with Crippen molar-refractivity contribution in [2.45, 2.75) is 32.5 Å². The molecule has 1 fully saturated rings. The molecule has 1 aliphatic heterocycles. The number of fused-ring (bicyclic) bond motifs is 1. The van der Waals surface area contributed by atoms with Gasteiger partial charge in [-0.15, -0.1) is 0 Å². The van der Waals surface area contributed by atoms with Gasteiger partial charge in [-0.1, -0.05) is 18.2 Å². The molecular formula is C23H26F2N4O. The van der Waals surface area contributed by atoms with Crippen molar-refractivity contribution >= 4 is 11.0 Å². The highest BCUT2D eigenvalue weighted by Gasteiger charge is 2.27. The molecule has 1 atom stereocenters. The molecule has 3 aromatic rings. The molecule has 0 aliphatic carbocycles. The van der Waals surface area contributed by atoms with Crippen molar-refractivity contribution in [1.29, 1.82) is 0 Å². The minimum atomic E-state index is -0.831. The number of rotatable bonds is 6. The van der Waals surface area contributed by atoms with Crippen LogP contribution >= 0.6 is 0 Å². The zero-order chi connectivity index (χ0) is 21.1. The minimum absolute atomic E-state index is 0.0849. The van der Waals surface area contributed by atoms with Gasteiger partial charge in [-0.3, -0.25) is 9.80 Å². The number of aliphatic hydroxyl groups excluding tert-OH is 1. The molecule has 7 heteroatoms. The summed E-state index contributed by atoms with van der Waals surface area (Å²) < 4.78 is 26.8. The highest BCUT2D eigenvalue weighted by molar-refractivity contribution is 5.74. The van der Waals surface area contributed by atoms with Gasteiger partial charge in [-0.25, -0.2) is 18.7 Å².